The van der Waals surface area contributed by atoms with Crippen LogP contribution in [-0.2, 0) is 4.74 Å². The van der Waals surface area contributed by atoms with Crippen molar-refractivity contribution >= 4 is 23.4 Å². The summed E-state index contributed by atoms with van der Waals surface area (Å²) >= 11 is 0. The lowest BCUT2D eigenvalue weighted by Crippen LogP contribution is -2.27. The summed E-state index contributed by atoms with van der Waals surface area (Å²) in [6, 6.07) is 7.17. The average Bonchev–Trinajstić information content (AvgIpc) is 2.62. The van der Waals surface area contributed by atoms with Crippen LogP contribution in [0.4, 0.5) is 17.5 Å². The molecule has 0 radical (unpaired) electrons. The van der Waals surface area contributed by atoms with E-state index in [1.807, 2.05) is 12.1 Å². The first-order valence-electron chi connectivity index (χ1n) is 8.67. The molecular weight excluding hydrogens is 318 g/mol. The fraction of sp³-hybridized carbons (Fsp3) is 0.444. The molecule has 0 saturated carbocycles. The van der Waals surface area contributed by atoms with Gasteiger partial charge >= 0.3 is 5.97 Å². The number of carbonyl (C=O) groups excluding carboxylic acids is 1. The van der Waals surface area contributed by atoms with Crippen LogP contribution in [0.1, 0.15) is 44.0 Å². The molecule has 25 heavy (non-hydrogen) atoms. The van der Waals surface area contributed by atoms with Crippen molar-refractivity contribution in [3.8, 4) is 0 Å². The van der Waals surface area contributed by atoms with Crippen molar-refractivity contribution in [3.63, 3.8) is 0 Å². The molecule has 0 aliphatic rings. The summed E-state index contributed by atoms with van der Waals surface area (Å²) in [5, 5.41) is 11.3. The van der Waals surface area contributed by atoms with E-state index in [-0.39, 0.29) is 5.97 Å². The summed E-state index contributed by atoms with van der Waals surface area (Å²) in [5.41, 5.74) is 1.09. The van der Waals surface area contributed by atoms with Crippen LogP contribution in [0.3, 0.4) is 0 Å². The third kappa shape index (κ3) is 5.14. The molecule has 2 rings (SSSR count). The van der Waals surface area contributed by atoms with Gasteiger partial charge in [-0.25, -0.2) is 4.79 Å². The van der Waals surface area contributed by atoms with Crippen LogP contribution in [0.5, 0.6) is 0 Å². The van der Waals surface area contributed by atoms with E-state index >= 15 is 0 Å². The molecule has 2 aromatic rings. The predicted octanol–water partition coefficient (Wildman–Crippen LogP) is 3.42. The monoisotopic (exact) mass is 343 g/mol. The number of hydrogen-bond acceptors (Lipinski definition) is 7. The Morgan fingerprint density at radius 2 is 1.88 bits per heavy atom. The molecule has 7 heteroatoms. The number of hydrogen-bond donors (Lipinski definition) is 1. The summed E-state index contributed by atoms with van der Waals surface area (Å²) in [6.07, 6.45) is 3.56. The van der Waals surface area contributed by atoms with Crippen LogP contribution in [-0.4, -0.2) is 40.8 Å². The number of anilines is 3. The molecule has 0 bridgehead atoms. The smallest absolute Gasteiger partial charge is 0.340 e. The normalized spacial score (nSPS) is 10.4. The molecule has 0 fully saturated rings. The van der Waals surface area contributed by atoms with Crippen molar-refractivity contribution in [2.75, 3.05) is 29.9 Å². The van der Waals surface area contributed by atoms with E-state index in [1.165, 1.54) is 0 Å². The zero-order valence-corrected chi connectivity index (χ0v) is 15.0. The van der Waals surface area contributed by atoms with Gasteiger partial charge in [0.25, 0.3) is 0 Å². The quantitative estimate of drug-likeness (QED) is 0.699. The van der Waals surface area contributed by atoms with Crippen LogP contribution in [0.15, 0.2) is 30.5 Å². The molecule has 0 atom stereocenters. The minimum absolute atomic E-state index is 0.329. The number of ether oxygens (including phenoxy) is 1. The number of carbonyl (C=O) groups is 1. The van der Waals surface area contributed by atoms with E-state index in [1.54, 1.807) is 25.3 Å². The third-order valence-electron chi connectivity index (χ3n) is 3.50. The maximum absolute atomic E-state index is 12.1. The standard InChI is InChI=1S/C18H25N5O2/c1-4-11-23(12-5-2)18-21-16(13-19-22-18)20-15-10-8-7-9-14(15)17(24)25-6-3/h7-10,13H,4-6,11-12H2,1-3H3,(H,20,21,22). The van der Waals surface area contributed by atoms with Crippen molar-refractivity contribution in [1.29, 1.82) is 0 Å². The molecule has 0 aliphatic carbocycles. The highest BCUT2D eigenvalue weighted by Gasteiger charge is 2.14. The van der Waals surface area contributed by atoms with Gasteiger partial charge in [0.15, 0.2) is 5.82 Å². The number of nitrogens with one attached hydrogen (secondary N) is 1. The second kappa shape index (κ2) is 9.56. The van der Waals surface area contributed by atoms with Crippen LogP contribution < -0.4 is 10.2 Å². The van der Waals surface area contributed by atoms with Crippen molar-refractivity contribution < 1.29 is 9.53 Å². The van der Waals surface area contributed by atoms with Crippen LogP contribution in [0.25, 0.3) is 0 Å². The fourth-order valence-corrected chi connectivity index (χ4v) is 2.46. The maximum Gasteiger partial charge on any atom is 0.340 e. The van der Waals surface area contributed by atoms with E-state index in [0.717, 1.165) is 25.9 Å². The van der Waals surface area contributed by atoms with Gasteiger partial charge in [0.2, 0.25) is 5.95 Å². The summed E-state index contributed by atoms with van der Waals surface area (Å²) in [7, 11) is 0. The molecule has 0 aliphatic heterocycles. The lowest BCUT2D eigenvalue weighted by atomic mass is 10.2. The predicted molar refractivity (Wildman–Crippen MR) is 98.3 cm³/mol. The van der Waals surface area contributed by atoms with Crippen molar-refractivity contribution in [2.45, 2.75) is 33.6 Å². The number of rotatable bonds is 9. The van der Waals surface area contributed by atoms with Gasteiger partial charge in [-0.2, -0.15) is 10.1 Å². The highest BCUT2D eigenvalue weighted by Crippen LogP contribution is 2.21. The molecular formula is C18H25N5O2. The molecule has 1 N–H and O–H groups in total. The molecule has 0 saturated heterocycles. The first-order valence-corrected chi connectivity index (χ1v) is 8.67. The van der Waals surface area contributed by atoms with Gasteiger partial charge in [0.05, 0.1) is 24.1 Å². The second-order valence-electron chi connectivity index (χ2n) is 5.52. The zero-order chi connectivity index (χ0) is 18.1. The lowest BCUT2D eigenvalue weighted by molar-refractivity contribution is 0.0527. The van der Waals surface area contributed by atoms with E-state index in [9.17, 15) is 4.79 Å². The van der Waals surface area contributed by atoms with Crippen molar-refractivity contribution in [3.05, 3.63) is 36.0 Å². The Morgan fingerprint density at radius 1 is 1.16 bits per heavy atom. The maximum atomic E-state index is 12.1. The van der Waals surface area contributed by atoms with Gasteiger partial charge in [-0.1, -0.05) is 26.0 Å². The minimum Gasteiger partial charge on any atom is -0.462 e. The number of para-hydroxylation sites is 1. The highest BCUT2D eigenvalue weighted by atomic mass is 16.5. The molecule has 7 nitrogen and oxygen atoms in total. The summed E-state index contributed by atoms with van der Waals surface area (Å²) in [5.74, 6) is 0.757. The largest absolute Gasteiger partial charge is 0.462 e. The summed E-state index contributed by atoms with van der Waals surface area (Å²) < 4.78 is 5.10. The average molecular weight is 343 g/mol. The molecule has 0 amide bonds. The van der Waals surface area contributed by atoms with E-state index in [0.29, 0.717) is 29.6 Å². The number of esters is 1. The first kappa shape index (κ1) is 18.6. The van der Waals surface area contributed by atoms with E-state index in [2.05, 4.69) is 39.2 Å². The fourth-order valence-electron chi connectivity index (χ4n) is 2.46. The van der Waals surface area contributed by atoms with Gasteiger partial charge in [-0.3, -0.25) is 0 Å². The second-order valence-corrected chi connectivity index (χ2v) is 5.52. The number of benzene rings is 1. The van der Waals surface area contributed by atoms with E-state index < -0.39 is 0 Å². The van der Waals surface area contributed by atoms with Gasteiger partial charge in [-0.15, -0.1) is 5.10 Å². The topological polar surface area (TPSA) is 80.2 Å². The molecule has 134 valence electrons. The Hall–Kier alpha value is -2.70. The Balaban J connectivity index is 2.24. The first-order chi connectivity index (χ1) is 12.2. The van der Waals surface area contributed by atoms with E-state index in [4.69, 9.17) is 4.74 Å². The molecule has 1 aromatic heterocycles. The van der Waals surface area contributed by atoms with Crippen molar-refractivity contribution in [2.24, 2.45) is 0 Å². The van der Waals surface area contributed by atoms with Crippen LogP contribution in [0.2, 0.25) is 0 Å². The summed E-state index contributed by atoms with van der Waals surface area (Å²) in [4.78, 5) is 18.7. The molecule has 1 heterocycles. The van der Waals surface area contributed by atoms with Crippen LogP contribution in [0, 0.1) is 0 Å². The molecule has 1 aromatic carbocycles. The van der Waals surface area contributed by atoms with Crippen LogP contribution >= 0.6 is 0 Å². The molecule has 0 unspecified atom stereocenters. The summed E-state index contributed by atoms with van der Waals surface area (Å²) in [6.45, 7) is 8.10. The Labute approximate surface area is 148 Å². The zero-order valence-electron chi connectivity index (χ0n) is 15.0. The van der Waals surface area contributed by atoms with Gasteiger partial charge in [0, 0.05) is 13.1 Å². The minimum atomic E-state index is -0.369. The lowest BCUT2D eigenvalue weighted by Gasteiger charge is -2.21. The Kier molecular flexibility index (Phi) is 7.13. The number of aromatic nitrogens is 3. The number of nitrogens with zero attached hydrogens (tertiary/aromatic N) is 4. The van der Waals surface area contributed by atoms with Gasteiger partial charge in [0.1, 0.15) is 0 Å². The highest BCUT2D eigenvalue weighted by molar-refractivity contribution is 5.96. The Morgan fingerprint density at radius 3 is 2.56 bits per heavy atom. The van der Waals surface area contributed by atoms with Gasteiger partial charge in [-0.05, 0) is 31.9 Å². The molecule has 0 spiro atoms. The van der Waals surface area contributed by atoms with Crippen molar-refractivity contribution in [1.82, 2.24) is 15.2 Å². The van der Waals surface area contributed by atoms with Gasteiger partial charge < -0.3 is 15.0 Å². The Bertz CT molecular complexity index is 687. The SMILES string of the molecule is CCCN(CCC)c1nncc(Nc2ccccc2C(=O)OCC)n1. The third-order valence-corrected chi connectivity index (χ3v) is 3.50.